The zero-order chi connectivity index (χ0) is 17.5. The molecule has 6 nitrogen and oxygen atoms in total. The number of hydrogen-bond acceptors (Lipinski definition) is 3. The standard InChI is InChI=1S/C18H26N4O2/c1-14(2)22(11-15(3)23)18(24)19-9-17-10-20-21(13-17)12-16-7-5-4-6-8-16/h4-8,10,13-15,23H,9,11-12H2,1-3H3,(H,19,24). The first-order valence-corrected chi connectivity index (χ1v) is 8.23. The molecule has 0 saturated heterocycles. The highest BCUT2D eigenvalue weighted by Crippen LogP contribution is 2.05. The number of aromatic nitrogens is 2. The lowest BCUT2D eigenvalue weighted by molar-refractivity contribution is 0.119. The lowest BCUT2D eigenvalue weighted by atomic mass is 10.2. The van der Waals surface area contributed by atoms with E-state index in [9.17, 15) is 9.90 Å². The fourth-order valence-electron chi connectivity index (χ4n) is 2.45. The fraction of sp³-hybridized carbons (Fsp3) is 0.444. The molecule has 0 aliphatic carbocycles. The largest absolute Gasteiger partial charge is 0.392 e. The van der Waals surface area contributed by atoms with Crippen molar-refractivity contribution in [1.29, 1.82) is 0 Å². The number of amides is 2. The van der Waals surface area contributed by atoms with E-state index in [1.807, 2.05) is 42.9 Å². The molecule has 1 aromatic carbocycles. The van der Waals surface area contributed by atoms with Gasteiger partial charge in [0.25, 0.3) is 0 Å². The average Bonchev–Trinajstić information content (AvgIpc) is 2.98. The normalized spacial score (nSPS) is 12.2. The zero-order valence-corrected chi connectivity index (χ0v) is 14.5. The van der Waals surface area contributed by atoms with Crippen LogP contribution in [0.5, 0.6) is 0 Å². The number of nitrogens with zero attached hydrogens (tertiary/aromatic N) is 3. The van der Waals surface area contributed by atoms with Crippen molar-refractivity contribution in [2.75, 3.05) is 6.54 Å². The van der Waals surface area contributed by atoms with Gasteiger partial charge in [-0.05, 0) is 26.3 Å². The van der Waals surface area contributed by atoms with E-state index in [2.05, 4.69) is 22.5 Å². The van der Waals surface area contributed by atoms with Crippen LogP contribution in [-0.2, 0) is 13.1 Å². The van der Waals surface area contributed by atoms with E-state index in [0.717, 1.165) is 5.56 Å². The number of carbonyl (C=O) groups is 1. The average molecular weight is 330 g/mol. The Morgan fingerprint density at radius 1 is 1.25 bits per heavy atom. The summed E-state index contributed by atoms with van der Waals surface area (Å²) in [6, 6.07) is 9.95. The van der Waals surface area contributed by atoms with Gasteiger partial charge in [-0.15, -0.1) is 0 Å². The van der Waals surface area contributed by atoms with Crippen molar-refractivity contribution >= 4 is 6.03 Å². The summed E-state index contributed by atoms with van der Waals surface area (Å²) in [5.74, 6) is 0. The summed E-state index contributed by atoms with van der Waals surface area (Å²) in [6.07, 6.45) is 3.14. The van der Waals surface area contributed by atoms with Gasteiger partial charge in [-0.2, -0.15) is 5.10 Å². The molecule has 0 saturated carbocycles. The van der Waals surface area contributed by atoms with E-state index in [1.165, 1.54) is 5.56 Å². The van der Waals surface area contributed by atoms with Crippen molar-refractivity contribution in [3.8, 4) is 0 Å². The number of hydrogen-bond donors (Lipinski definition) is 2. The smallest absolute Gasteiger partial charge is 0.317 e. The van der Waals surface area contributed by atoms with Gasteiger partial charge in [0.05, 0.1) is 18.8 Å². The maximum Gasteiger partial charge on any atom is 0.317 e. The quantitative estimate of drug-likeness (QED) is 0.818. The Bertz CT molecular complexity index is 637. The molecule has 2 rings (SSSR count). The van der Waals surface area contributed by atoms with Gasteiger partial charge in [0.1, 0.15) is 0 Å². The number of nitrogens with one attached hydrogen (secondary N) is 1. The van der Waals surface area contributed by atoms with Crippen LogP contribution in [0.3, 0.4) is 0 Å². The van der Waals surface area contributed by atoms with Crippen LogP contribution in [0.2, 0.25) is 0 Å². The molecule has 0 radical (unpaired) electrons. The van der Waals surface area contributed by atoms with Crippen molar-refractivity contribution in [2.24, 2.45) is 0 Å². The minimum atomic E-state index is -0.549. The number of aliphatic hydroxyl groups is 1. The summed E-state index contributed by atoms with van der Waals surface area (Å²) in [4.78, 5) is 13.9. The van der Waals surface area contributed by atoms with Gasteiger partial charge in [0.15, 0.2) is 0 Å². The molecule has 2 aromatic rings. The number of carbonyl (C=O) groups excluding carboxylic acids is 1. The SMILES string of the molecule is CC(O)CN(C(=O)NCc1cnn(Cc2ccccc2)c1)C(C)C. The van der Waals surface area contributed by atoms with Crippen molar-refractivity contribution < 1.29 is 9.90 Å². The van der Waals surface area contributed by atoms with E-state index >= 15 is 0 Å². The van der Waals surface area contributed by atoms with Crippen molar-refractivity contribution in [2.45, 2.75) is 46.0 Å². The van der Waals surface area contributed by atoms with Gasteiger partial charge in [-0.25, -0.2) is 4.79 Å². The van der Waals surface area contributed by atoms with Crippen LogP contribution in [0.1, 0.15) is 31.9 Å². The van der Waals surface area contributed by atoms with Gasteiger partial charge in [0, 0.05) is 30.9 Å². The molecule has 2 N–H and O–H groups in total. The van der Waals surface area contributed by atoms with E-state index in [1.54, 1.807) is 18.0 Å². The van der Waals surface area contributed by atoms with E-state index in [0.29, 0.717) is 19.6 Å². The van der Waals surface area contributed by atoms with Crippen LogP contribution in [0, 0.1) is 0 Å². The second kappa shape index (κ2) is 8.49. The van der Waals surface area contributed by atoms with E-state index < -0.39 is 6.10 Å². The molecule has 24 heavy (non-hydrogen) atoms. The Morgan fingerprint density at radius 3 is 2.58 bits per heavy atom. The Hall–Kier alpha value is -2.34. The molecule has 0 aliphatic rings. The third-order valence-corrected chi connectivity index (χ3v) is 3.66. The molecule has 0 bridgehead atoms. The van der Waals surface area contributed by atoms with Crippen LogP contribution in [0.15, 0.2) is 42.7 Å². The van der Waals surface area contributed by atoms with Gasteiger partial charge in [-0.3, -0.25) is 4.68 Å². The molecular formula is C18H26N4O2. The highest BCUT2D eigenvalue weighted by atomic mass is 16.3. The predicted octanol–water partition coefficient (Wildman–Crippen LogP) is 2.23. The Labute approximate surface area is 143 Å². The van der Waals surface area contributed by atoms with Gasteiger partial charge in [0.2, 0.25) is 0 Å². The molecule has 0 aliphatic heterocycles. The molecule has 130 valence electrons. The highest BCUT2D eigenvalue weighted by Gasteiger charge is 2.18. The molecule has 0 fully saturated rings. The summed E-state index contributed by atoms with van der Waals surface area (Å²) in [7, 11) is 0. The lowest BCUT2D eigenvalue weighted by Gasteiger charge is -2.28. The van der Waals surface area contributed by atoms with Crippen LogP contribution in [0.4, 0.5) is 4.79 Å². The van der Waals surface area contributed by atoms with Gasteiger partial charge < -0.3 is 15.3 Å². The molecular weight excluding hydrogens is 304 g/mol. The minimum absolute atomic E-state index is 0.0282. The fourth-order valence-corrected chi connectivity index (χ4v) is 2.45. The number of benzene rings is 1. The van der Waals surface area contributed by atoms with Crippen molar-refractivity contribution in [3.63, 3.8) is 0 Å². The van der Waals surface area contributed by atoms with Gasteiger partial charge >= 0.3 is 6.03 Å². The first-order valence-electron chi connectivity index (χ1n) is 8.23. The first kappa shape index (κ1) is 18.0. The molecule has 2 amide bonds. The van der Waals surface area contributed by atoms with Crippen molar-refractivity contribution in [1.82, 2.24) is 20.0 Å². The number of rotatable bonds is 7. The Kier molecular flexibility index (Phi) is 6.37. The lowest BCUT2D eigenvalue weighted by Crippen LogP contribution is -2.46. The van der Waals surface area contributed by atoms with Crippen molar-refractivity contribution in [3.05, 3.63) is 53.9 Å². The molecule has 0 spiro atoms. The summed E-state index contributed by atoms with van der Waals surface area (Å²) in [6.45, 7) is 6.97. The molecule has 1 aromatic heterocycles. The molecule has 1 atom stereocenters. The highest BCUT2D eigenvalue weighted by molar-refractivity contribution is 5.74. The van der Waals surface area contributed by atoms with Crippen LogP contribution >= 0.6 is 0 Å². The van der Waals surface area contributed by atoms with E-state index in [-0.39, 0.29) is 12.1 Å². The first-order chi connectivity index (χ1) is 11.5. The predicted molar refractivity (Wildman–Crippen MR) is 93.5 cm³/mol. The zero-order valence-electron chi connectivity index (χ0n) is 14.5. The van der Waals surface area contributed by atoms with Gasteiger partial charge in [-0.1, -0.05) is 30.3 Å². The third-order valence-electron chi connectivity index (χ3n) is 3.66. The second-order valence-corrected chi connectivity index (χ2v) is 6.29. The summed E-state index contributed by atoms with van der Waals surface area (Å²) in [5.41, 5.74) is 2.12. The number of urea groups is 1. The van der Waals surface area contributed by atoms with Crippen LogP contribution in [0.25, 0.3) is 0 Å². The summed E-state index contributed by atoms with van der Waals surface area (Å²) >= 11 is 0. The maximum atomic E-state index is 12.3. The monoisotopic (exact) mass is 330 g/mol. The molecule has 6 heteroatoms. The minimum Gasteiger partial charge on any atom is -0.392 e. The number of aliphatic hydroxyl groups excluding tert-OH is 1. The van der Waals surface area contributed by atoms with Crippen LogP contribution < -0.4 is 5.32 Å². The Balaban J connectivity index is 1.89. The molecule has 1 unspecified atom stereocenters. The maximum absolute atomic E-state index is 12.3. The van der Waals surface area contributed by atoms with Crippen LogP contribution in [-0.4, -0.2) is 44.5 Å². The second-order valence-electron chi connectivity index (χ2n) is 6.29. The molecule has 1 heterocycles. The van der Waals surface area contributed by atoms with E-state index in [4.69, 9.17) is 0 Å². The Morgan fingerprint density at radius 2 is 1.96 bits per heavy atom. The summed E-state index contributed by atoms with van der Waals surface area (Å²) < 4.78 is 1.85. The summed E-state index contributed by atoms with van der Waals surface area (Å²) in [5, 5.41) is 16.7. The topological polar surface area (TPSA) is 70.4 Å². The third kappa shape index (κ3) is 5.38.